The van der Waals surface area contributed by atoms with E-state index >= 15 is 0 Å². The molecule has 2 nitrogen and oxygen atoms in total. The van der Waals surface area contributed by atoms with Crippen LogP contribution in [0.5, 0.6) is 5.75 Å². The highest BCUT2D eigenvalue weighted by molar-refractivity contribution is 8.00. The maximum Gasteiger partial charge on any atom is 0.119 e. The van der Waals surface area contributed by atoms with Crippen LogP contribution >= 0.6 is 11.8 Å². The van der Waals surface area contributed by atoms with Crippen molar-refractivity contribution < 1.29 is 9.84 Å². The quantitative estimate of drug-likeness (QED) is 0.850. The largest absolute Gasteiger partial charge is 0.489 e. The number of benzene rings is 1. The number of ether oxygens (including phenoxy) is 1. The standard InChI is InChI=1S/C12H14O2S/c13-12(5-6-12)9-1-3-10(4-2-9)14-11-7-15-8-11/h1-4,11,13H,5-8H2. The molecule has 1 aliphatic carbocycles. The van der Waals surface area contributed by atoms with Gasteiger partial charge in [0, 0.05) is 11.5 Å². The van der Waals surface area contributed by atoms with Gasteiger partial charge in [0.1, 0.15) is 11.9 Å². The Kier molecular flexibility index (Phi) is 2.18. The minimum atomic E-state index is -0.523. The zero-order valence-electron chi connectivity index (χ0n) is 8.48. The minimum absolute atomic E-state index is 0.393. The Bertz CT molecular complexity index is 352. The molecule has 1 N–H and O–H groups in total. The molecule has 1 saturated carbocycles. The Morgan fingerprint density at radius 2 is 1.87 bits per heavy atom. The van der Waals surface area contributed by atoms with Gasteiger partial charge < -0.3 is 9.84 Å². The second-order valence-electron chi connectivity index (χ2n) is 4.33. The van der Waals surface area contributed by atoms with Gasteiger partial charge in [-0.05, 0) is 30.5 Å². The van der Waals surface area contributed by atoms with Gasteiger partial charge in [-0.15, -0.1) is 0 Å². The van der Waals surface area contributed by atoms with Crippen LogP contribution in [-0.2, 0) is 5.60 Å². The minimum Gasteiger partial charge on any atom is -0.489 e. The van der Waals surface area contributed by atoms with E-state index in [9.17, 15) is 5.11 Å². The van der Waals surface area contributed by atoms with Gasteiger partial charge in [0.15, 0.2) is 0 Å². The van der Waals surface area contributed by atoms with Crippen LogP contribution in [0.2, 0.25) is 0 Å². The predicted octanol–water partition coefficient (Wildman–Crippen LogP) is 2.16. The molecule has 15 heavy (non-hydrogen) atoms. The van der Waals surface area contributed by atoms with Crippen LogP contribution in [0, 0.1) is 0 Å². The van der Waals surface area contributed by atoms with Crippen LogP contribution in [0.25, 0.3) is 0 Å². The SMILES string of the molecule is OC1(c2ccc(OC3CSC3)cc2)CC1. The number of hydrogen-bond donors (Lipinski definition) is 1. The lowest BCUT2D eigenvalue weighted by Gasteiger charge is -2.26. The average molecular weight is 222 g/mol. The third-order valence-corrected chi connectivity index (χ3v) is 4.24. The summed E-state index contributed by atoms with van der Waals surface area (Å²) in [7, 11) is 0. The molecular formula is C12H14O2S. The normalized spacial score (nSPS) is 23.3. The highest BCUT2D eigenvalue weighted by Gasteiger charge is 2.41. The predicted molar refractivity (Wildman–Crippen MR) is 61.3 cm³/mol. The van der Waals surface area contributed by atoms with E-state index in [4.69, 9.17) is 4.74 Å². The second kappa shape index (κ2) is 3.42. The van der Waals surface area contributed by atoms with Crippen molar-refractivity contribution in [2.75, 3.05) is 11.5 Å². The Hall–Kier alpha value is -0.670. The molecule has 0 radical (unpaired) electrons. The van der Waals surface area contributed by atoms with E-state index in [-0.39, 0.29) is 0 Å². The van der Waals surface area contributed by atoms with E-state index < -0.39 is 5.60 Å². The van der Waals surface area contributed by atoms with Gasteiger partial charge in [0.25, 0.3) is 0 Å². The highest BCUT2D eigenvalue weighted by Crippen LogP contribution is 2.45. The molecule has 0 spiro atoms. The summed E-state index contributed by atoms with van der Waals surface area (Å²) in [6.45, 7) is 0. The van der Waals surface area contributed by atoms with Gasteiger partial charge in [-0.3, -0.25) is 0 Å². The van der Waals surface area contributed by atoms with Crippen molar-refractivity contribution in [2.45, 2.75) is 24.5 Å². The molecule has 80 valence electrons. The molecule has 0 aromatic heterocycles. The summed E-state index contributed by atoms with van der Waals surface area (Å²) in [6.07, 6.45) is 2.18. The van der Waals surface area contributed by atoms with Gasteiger partial charge in [-0.1, -0.05) is 12.1 Å². The fraction of sp³-hybridized carbons (Fsp3) is 0.500. The van der Waals surface area contributed by atoms with Crippen molar-refractivity contribution in [1.82, 2.24) is 0 Å². The fourth-order valence-corrected chi connectivity index (χ4v) is 2.29. The third kappa shape index (κ3) is 1.86. The van der Waals surface area contributed by atoms with Gasteiger partial charge in [0.2, 0.25) is 0 Å². The maximum absolute atomic E-state index is 9.89. The molecular weight excluding hydrogens is 208 g/mol. The summed E-state index contributed by atoms with van der Waals surface area (Å²) in [4.78, 5) is 0. The average Bonchev–Trinajstić information content (AvgIpc) is 2.93. The molecule has 1 heterocycles. The summed E-state index contributed by atoms with van der Waals surface area (Å²) in [6, 6.07) is 7.89. The smallest absolute Gasteiger partial charge is 0.119 e. The Balaban J connectivity index is 1.70. The summed E-state index contributed by atoms with van der Waals surface area (Å²) < 4.78 is 5.74. The molecule has 0 amide bonds. The monoisotopic (exact) mass is 222 g/mol. The molecule has 1 saturated heterocycles. The molecule has 1 aromatic rings. The number of hydrogen-bond acceptors (Lipinski definition) is 3. The molecule has 2 fully saturated rings. The molecule has 0 unspecified atom stereocenters. The van der Waals surface area contributed by atoms with Crippen molar-refractivity contribution in [2.24, 2.45) is 0 Å². The van der Waals surface area contributed by atoms with Crippen LogP contribution in [0.1, 0.15) is 18.4 Å². The summed E-state index contributed by atoms with van der Waals surface area (Å²) >= 11 is 1.92. The lowest BCUT2D eigenvalue weighted by atomic mass is 10.1. The van der Waals surface area contributed by atoms with Crippen LogP contribution in [-0.4, -0.2) is 22.7 Å². The summed E-state index contributed by atoms with van der Waals surface area (Å²) in [5.74, 6) is 3.13. The number of aliphatic hydroxyl groups is 1. The van der Waals surface area contributed by atoms with Crippen LogP contribution in [0.3, 0.4) is 0 Å². The zero-order chi connectivity index (χ0) is 10.3. The molecule has 3 rings (SSSR count). The van der Waals surface area contributed by atoms with Crippen LogP contribution in [0.15, 0.2) is 24.3 Å². The maximum atomic E-state index is 9.89. The molecule has 2 aliphatic rings. The van der Waals surface area contributed by atoms with E-state index in [1.807, 2.05) is 36.0 Å². The number of rotatable bonds is 3. The van der Waals surface area contributed by atoms with Crippen LogP contribution < -0.4 is 4.74 Å². The van der Waals surface area contributed by atoms with Crippen LogP contribution in [0.4, 0.5) is 0 Å². The van der Waals surface area contributed by atoms with E-state index in [2.05, 4.69) is 0 Å². The molecule has 1 aliphatic heterocycles. The summed E-state index contributed by atoms with van der Waals surface area (Å²) in [5, 5.41) is 9.89. The topological polar surface area (TPSA) is 29.5 Å². The van der Waals surface area contributed by atoms with Crippen molar-refractivity contribution in [1.29, 1.82) is 0 Å². The molecule has 3 heteroatoms. The van der Waals surface area contributed by atoms with Gasteiger partial charge in [-0.2, -0.15) is 11.8 Å². The first-order valence-electron chi connectivity index (χ1n) is 5.34. The van der Waals surface area contributed by atoms with Gasteiger partial charge >= 0.3 is 0 Å². The lowest BCUT2D eigenvalue weighted by molar-refractivity contribution is 0.151. The van der Waals surface area contributed by atoms with Crippen molar-refractivity contribution in [3.8, 4) is 5.75 Å². The van der Waals surface area contributed by atoms with Crippen molar-refractivity contribution in [3.63, 3.8) is 0 Å². The Morgan fingerprint density at radius 3 is 2.33 bits per heavy atom. The first kappa shape index (κ1) is 9.55. The number of thioether (sulfide) groups is 1. The van der Waals surface area contributed by atoms with Gasteiger partial charge in [-0.25, -0.2) is 0 Å². The van der Waals surface area contributed by atoms with E-state index in [0.717, 1.165) is 35.7 Å². The lowest BCUT2D eigenvalue weighted by Crippen LogP contribution is -2.30. The zero-order valence-corrected chi connectivity index (χ0v) is 9.30. The Labute approximate surface area is 93.6 Å². The molecule has 0 atom stereocenters. The van der Waals surface area contributed by atoms with Crippen molar-refractivity contribution >= 4 is 11.8 Å². The first-order valence-corrected chi connectivity index (χ1v) is 6.49. The summed E-state index contributed by atoms with van der Waals surface area (Å²) in [5.41, 5.74) is 0.503. The Morgan fingerprint density at radius 1 is 1.20 bits per heavy atom. The first-order chi connectivity index (χ1) is 7.26. The second-order valence-corrected chi connectivity index (χ2v) is 5.41. The van der Waals surface area contributed by atoms with E-state index in [1.165, 1.54) is 0 Å². The fourth-order valence-electron chi connectivity index (χ4n) is 1.73. The third-order valence-electron chi connectivity index (χ3n) is 3.03. The molecule has 1 aromatic carbocycles. The highest BCUT2D eigenvalue weighted by atomic mass is 32.2. The van der Waals surface area contributed by atoms with E-state index in [1.54, 1.807) is 0 Å². The van der Waals surface area contributed by atoms with Crippen molar-refractivity contribution in [3.05, 3.63) is 29.8 Å². The molecule has 0 bridgehead atoms. The van der Waals surface area contributed by atoms with E-state index in [0.29, 0.717) is 6.10 Å². The van der Waals surface area contributed by atoms with Gasteiger partial charge in [0.05, 0.1) is 5.60 Å².